The second kappa shape index (κ2) is 3.88. The van der Waals surface area contributed by atoms with Gasteiger partial charge in [0.15, 0.2) is 0 Å². The Morgan fingerprint density at radius 3 is 2.82 bits per heavy atom. The first-order valence-corrected chi connectivity index (χ1v) is 4.68. The highest BCUT2D eigenvalue weighted by atomic mass is 35.5. The SMILES string of the molecule is CCC(C=O)c1ccc(Cl)s1. The first-order valence-electron chi connectivity index (χ1n) is 3.48. The smallest absolute Gasteiger partial charge is 0.128 e. The Labute approximate surface area is 75.0 Å². The van der Waals surface area contributed by atoms with Crippen LogP contribution in [0.25, 0.3) is 0 Å². The van der Waals surface area contributed by atoms with Gasteiger partial charge in [0.1, 0.15) is 6.29 Å². The summed E-state index contributed by atoms with van der Waals surface area (Å²) in [5, 5.41) is 0. The van der Waals surface area contributed by atoms with Gasteiger partial charge in [0.05, 0.1) is 4.34 Å². The highest BCUT2D eigenvalue weighted by Gasteiger charge is 2.09. The van der Waals surface area contributed by atoms with Gasteiger partial charge in [0.2, 0.25) is 0 Å². The van der Waals surface area contributed by atoms with Crippen molar-refractivity contribution in [3.05, 3.63) is 21.3 Å². The molecule has 0 N–H and O–H groups in total. The maximum atomic E-state index is 10.5. The predicted molar refractivity (Wildman–Crippen MR) is 48.4 cm³/mol. The van der Waals surface area contributed by atoms with Crippen molar-refractivity contribution in [1.82, 2.24) is 0 Å². The number of hydrogen-bond acceptors (Lipinski definition) is 2. The Hall–Kier alpha value is -0.340. The molecule has 0 bridgehead atoms. The lowest BCUT2D eigenvalue weighted by Gasteiger charge is -2.01. The molecule has 60 valence electrons. The molecule has 1 heterocycles. The molecular formula is C8H9ClOS. The van der Waals surface area contributed by atoms with Crippen LogP contribution in [0.2, 0.25) is 4.34 Å². The maximum absolute atomic E-state index is 10.5. The molecule has 0 aliphatic carbocycles. The molecule has 0 aliphatic heterocycles. The zero-order valence-electron chi connectivity index (χ0n) is 6.21. The van der Waals surface area contributed by atoms with E-state index in [4.69, 9.17) is 11.6 Å². The Balaban J connectivity index is 2.81. The van der Waals surface area contributed by atoms with E-state index in [1.54, 1.807) is 0 Å². The molecule has 0 amide bonds. The minimum absolute atomic E-state index is 0.0347. The van der Waals surface area contributed by atoms with Crippen molar-refractivity contribution in [2.45, 2.75) is 19.3 Å². The fraction of sp³-hybridized carbons (Fsp3) is 0.375. The second-order valence-electron chi connectivity index (χ2n) is 2.29. The van der Waals surface area contributed by atoms with Crippen LogP contribution < -0.4 is 0 Å². The summed E-state index contributed by atoms with van der Waals surface area (Å²) < 4.78 is 0.750. The van der Waals surface area contributed by atoms with E-state index in [2.05, 4.69) is 0 Å². The van der Waals surface area contributed by atoms with E-state index >= 15 is 0 Å². The number of halogens is 1. The zero-order chi connectivity index (χ0) is 8.27. The van der Waals surface area contributed by atoms with Crippen LogP contribution in [0.15, 0.2) is 12.1 Å². The summed E-state index contributed by atoms with van der Waals surface area (Å²) in [6, 6.07) is 3.74. The Morgan fingerprint density at radius 2 is 2.45 bits per heavy atom. The van der Waals surface area contributed by atoms with Crippen LogP contribution in [-0.2, 0) is 4.79 Å². The molecule has 1 aromatic heterocycles. The molecule has 0 saturated heterocycles. The van der Waals surface area contributed by atoms with Crippen LogP contribution in [0, 0.1) is 0 Å². The third-order valence-electron chi connectivity index (χ3n) is 1.56. The van der Waals surface area contributed by atoms with Crippen molar-refractivity contribution in [2.24, 2.45) is 0 Å². The topological polar surface area (TPSA) is 17.1 Å². The number of aldehydes is 1. The van der Waals surface area contributed by atoms with Gasteiger partial charge < -0.3 is 4.79 Å². The number of thiophene rings is 1. The summed E-state index contributed by atoms with van der Waals surface area (Å²) in [6.45, 7) is 1.99. The monoisotopic (exact) mass is 188 g/mol. The lowest BCUT2D eigenvalue weighted by Crippen LogP contribution is -1.93. The normalized spacial score (nSPS) is 12.9. The quantitative estimate of drug-likeness (QED) is 0.667. The number of carbonyl (C=O) groups is 1. The van der Waals surface area contributed by atoms with E-state index in [9.17, 15) is 4.79 Å². The van der Waals surface area contributed by atoms with Crippen molar-refractivity contribution in [1.29, 1.82) is 0 Å². The van der Waals surface area contributed by atoms with Crippen molar-refractivity contribution >= 4 is 29.2 Å². The first-order chi connectivity index (χ1) is 5.27. The molecule has 0 radical (unpaired) electrons. The van der Waals surface area contributed by atoms with E-state index in [-0.39, 0.29) is 5.92 Å². The summed E-state index contributed by atoms with van der Waals surface area (Å²) in [5.41, 5.74) is 0. The third-order valence-corrected chi connectivity index (χ3v) is 2.93. The van der Waals surface area contributed by atoms with Gasteiger partial charge >= 0.3 is 0 Å². The fourth-order valence-electron chi connectivity index (χ4n) is 0.892. The zero-order valence-corrected chi connectivity index (χ0v) is 7.78. The molecule has 1 rings (SSSR count). The predicted octanol–water partition coefficient (Wildman–Crippen LogP) is 3.09. The molecule has 0 aromatic carbocycles. The molecule has 1 unspecified atom stereocenters. The van der Waals surface area contributed by atoms with E-state index in [1.807, 2.05) is 19.1 Å². The first kappa shape index (κ1) is 8.75. The van der Waals surface area contributed by atoms with Gasteiger partial charge in [-0.25, -0.2) is 0 Å². The van der Waals surface area contributed by atoms with Gasteiger partial charge in [-0.3, -0.25) is 0 Å². The minimum atomic E-state index is 0.0347. The molecule has 11 heavy (non-hydrogen) atoms. The Morgan fingerprint density at radius 1 is 1.73 bits per heavy atom. The highest BCUT2D eigenvalue weighted by molar-refractivity contribution is 7.16. The number of hydrogen-bond donors (Lipinski definition) is 0. The van der Waals surface area contributed by atoms with Crippen LogP contribution in [-0.4, -0.2) is 6.29 Å². The van der Waals surface area contributed by atoms with Crippen molar-refractivity contribution in [3.8, 4) is 0 Å². The fourth-order valence-corrected chi connectivity index (χ4v) is 2.09. The molecule has 0 spiro atoms. The van der Waals surface area contributed by atoms with Crippen LogP contribution in [0.1, 0.15) is 24.1 Å². The van der Waals surface area contributed by atoms with Crippen LogP contribution in [0.4, 0.5) is 0 Å². The Kier molecular flexibility index (Phi) is 3.09. The third kappa shape index (κ3) is 2.04. The average Bonchev–Trinajstić information content (AvgIpc) is 2.39. The van der Waals surface area contributed by atoms with Crippen molar-refractivity contribution < 1.29 is 4.79 Å². The van der Waals surface area contributed by atoms with Crippen molar-refractivity contribution in [2.75, 3.05) is 0 Å². The van der Waals surface area contributed by atoms with Crippen molar-refractivity contribution in [3.63, 3.8) is 0 Å². The standard InChI is InChI=1S/C8H9ClOS/c1-2-6(5-10)7-3-4-8(9)11-7/h3-6H,2H2,1H3. The van der Waals surface area contributed by atoms with E-state index in [0.29, 0.717) is 0 Å². The molecule has 0 saturated carbocycles. The van der Waals surface area contributed by atoms with E-state index in [1.165, 1.54) is 11.3 Å². The largest absolute Gasteiger partial charge is 0.303 e. The van der Waals surface area contributed by atoms with Gasteiger partial charge in [-0.05, 0) is 18.6 Å². The number of carbonyl (C=O) groups excluding carboxylic acids is 1. The molecule has 1 atom stereocenters. The minimum Gasteiger partial charge on any atom is -0.303 e. The number of rotatable bonds is 3. The van der Waals surface area contributed by atoms with Gasteiger partial charge in [-0.1, -0.05) is 18.5 Å². The van der Waals surface area contributed by atoms with Gasteiger partial charge in [0.25, 0.3) is 0 Å². The van der Waals surface area contributed by atoms with Crippen LogP contribution >= 0.6 is 22.9 Å². The summed E-state index contributed by atoms with van der Waals surface area (Å²) in [4.78, 5) is 11.6. The molecule has 0 fully saturated rings. The molecule has 3 heteroatoms. The highest BCUT2D eigenvalue weighted by Crippen LogP contribution is 2.28. The molecule has 1 aromatic rings. The summed E-state index contributed by atoms with van der Waals surface area (Å²) in [5.74, 6) is 0.0347. The average molecular weight is 189 g/mol. The van der Waals surface area contributed by atoms with Crippen LogP contribution in [0.5, 0.6) is 0 Å². The van der Waals surface area contributed by atoms with E-state index in [0.717, 1.165) is 21.9 Å². The maximum Gasteiger partial charge on any atom is 0.128 e. The molecule has 1 nitrogen and oxygen atoms in total. The van der Waals surface area contributed by atoms with Gasteiger partial charge in [-0.2, -0.15) is 0 Å². The lowest BCUT2D eigenvalue weighted by atomic mass is 10.1. The second-order valence-corrected chi connectivity index (χ2v) is 4.04. The van der Waals surface area contributed by atoms with Gasteiger partial charge in [-0.15, -0.1) is 11.3 Å². The lowest BCUT2D eigenvalue weighted by molar-refractivity contribution is -0.109. The molecular weight excluding hydrogens is 180 g/mol. The van der Waals surface area contributed by atoms with E-state index < -0.39 is 0 Å². The van der Waals surface area contributed by atoms with Crippen LogP contribution in [0.3, 0.4) is 0 Å². The summed E-state index contributed by atoms with van der Waals surface area (Å²) >= 11 is 7.20. The Bertz CT molecular complexity index is 244. The summed E-state index contributed by atoms with van der Waals surface area (Å²) in [7, 11) is 0. The summed E-state index contributed by atoms with van der Waals surface area (Å²) in [6.07, 6.45) is 1.82. The molecule has 0 aliphatic rings. The van der Waals surface area contributed by atoms with Gasteiger partial charge in [0, 0.05) is 10.8 Å².